The lowest BCUT2D eigenvalue weighted by Gasteiger charge is -1.98. The Bertz CT molecular complexity index is 539. The van der Waals surface area contributed by atoms with Crippen LogP contribution in [0.2, 0.25) is 0 Å². The summed E-state index contributed by atoms with van der Waals surface area (Å²) in [4.78, 5) is 15.9. The van der Waals surface area contributed by atoms with E-state index < -0.39 is 0 Å². The van der Waals surface area contributed by atoms with Gasteiger partial charge in [-0.3, -0.25) is 0 Å². The van der Waals surface area contributed by atoms with E-state index in [2.05, 4.69) is 4.99 Å². The Kier molecular flexibility index (Phi) is 2.32. The Morgan fingerprint density at radius 1 is 1.35 bits per heavy atom. The van der Waals surface area contributed by atoms with Crippen molar-refractivity contribution in [2.45, 2.75) is 19.8 Å². The fourth-order valence-electron chi connectivity index (χ4n) is 1.83. The molecule has 0 bridgehead atoms. The van der Waals surface area contributed by atoms with Gasteiger partial charge >= 0.3 is 5.97 Å². The Morgan fingerprint density at radius 2 is 2.12 bits per heavy atom. The van der Waals surface area contributed by atoms with Crippen molar-refractivity contribution in [2.75, 3.05) is 0 Å². The first-order valence-electron chi connectivity index (χ1n) is 5.82. The fourth-order valence-corrected chi connectivity index (χ4v) is 1.83. The molecule has 17 heavy (non-hydrogen) atoms. The zero-order chi connectivity index (χ0) is 11.8. The molecule has 3 rings (SSSR count). The highest BCUT2D eigenvalue weighted by atomic mass is 16.6. The van der Waals surface area contributed by atoms with Crippen LogP contribution in [0.15, 0.2) is 35.0 Å². The molecule has 3 nitrogen and oxygen atoms in total. The molecular weight excluding hydrogens is 214 g/mol. The summed E-state index contributed by atoms with van der Waals surface area (Å²) in [5.41, 5.74) is 2.56. The number of nitrogens with zero attached hydrogens (tertiary/aromatic N) is 1. The van der Waals surface area contributed by atoms with Gasteiger partial charge in [-0.05, 0) is 37.0 Å². The van der Waals surface area contributed by atoms with Crippen LogP contribution in [-0.2, 0) is 9.53 Å². The van der Waals surface area contributed by atoms with Crippen LogP contribution in [0, 0.1) is 12.8 Å². The number of carbonyl (C=O) groups excluding carboxylic acids is 1. The van der Waals surface area contributed by atoms with Gasteiger partial charge < -0.3 is 4.74 Å². The van der Waals surface area contributed by atoms with Gasteiger partial charge in [0.05, 0.1) is 0 Å². The standard InChI is InChI=1S/C14H13NO2/c1-9-4-2-3-5-11(9)8-12-14(16)17-13(15-12)10-6-7-10/h2-5,8,10H,6-7H2,1H3/b12-8-. The molecule has 3 heteroatoms. The van der Waals surface area contributed by atoms with E-state index in [1.54, 1.807) is 6.08 Å². The zero-order valence-corrected chi connectivity index (χ0v) is 9.64. The van der Waals surface area contributed by atoms with Gasteiger partial charge in [0.15, 0.2) is 5.70 Å². The quantitative estimate of drug-likeness (QED) is 0.575. The lowest BCUT2D eigenvalue weighted by atomic mass is 10.1. The number of hydrogen-bond donors (Lipinski definition) is 0. The summed E-state index contributed by atoms with van der Waals surface area (Å²) in [5, 5.41) is 0. The van der Waals surface area contributed by atoms with Crippen LogP contribution in [0.5, 0.6) is 0 Å². The minimum absolute atomic E-state index is 0.324. The first-order valence-corrected chi connectivity index (χ1v) is 5.82. The van der Waals surface area contributed by atoms with Crippen molar-refractivity contribution in [3.05, 3.63) is 41.1 Å². The Labute approximate surface area is 99.8 Å². The molecule has 86 valence electrons. The Balaban J connectivity index is 1.93. The van der Waals surface area contributed by atoms with Gasteiger partial charge in [0.1, 0.15) is 0 Å². The van der Waals surface area contributed by atoms with E-state index in [1.165, 1.54) is 0 Å². The van der Waals surface area contributed by atoms with Gasteiger partial charge in [0.2, 0.25) is 5.90 Å². The first-order chi connectivity index (χ1) is 8.24. The van der Waals surface area contributed by atoms with Gasteiger partial charge in [-0.25, -0.2) is 9.79 Å². The second-order valence-electron chi connectivity index (χ2n) is 4.50. The molecule has 0 aromatic heterocycles. The van der Waals surface area contributed by atoms with Crippen LogP contribution >= 0.6 is 0 Å². The largest absolute Gasteiger partial charge is 0.406 e. The van der Waals surface area contributed by atoms with Crippen LogP contribution in [0.3, 0.4) is 0 Å². The monoisotopic (exact) mass is 227 g/mol. The van der Waals surface area contributed by atoms with Crippen LogP contribution < -0.4 is 0 Å². The molecule has 0 spiro atoms. The van der Waals surface area contributed by atoms with E-state index in [4.69, 9.17) is 4.74 Å². The smallest absolute Gasteiger partial charge is 0.363 e. The number of esters is 1. The van der Waals surface area contributed by atoms with Crippen LogP contribution in [-0.4, -0.2) is 11.9 Å². The molecular formula is C14H13NO2. The number of ether oxygens (including phenoxy) is 1. The molecule has 1 fully saturated rings. The molecule has 1 aliphatic heterocycles. The van der Waals surface area contributed by atoms with Crippen molar-refractivity contribution in [1.82, 2.24) is 0 Å². The molecule has 2 aliphatic rings. The number of carbonyl (C=O) groups is 1. The van der Waals surface area contributed by atoms with Gasteiger partial charge in [0.25, 0.3) is 0 Å². The lowest BCUT2D eigenvalue weighted by molar-refractivity contribution is -0.130. The second-order valence-corrected chi connectivity index (χ2v) is 4.50. The summed E-state index contributed by atoms with van der Waals surface area (Å²) < 4.78 is 5.15. The molecule has 0 N–H and O–H groups in total. The van der Waals surface area contributed by atoms with E-state index in [-0.39, 0.29) is 5.97 Å². The van der Waals surface area contributed by atoms with Crippen molar-refractivity contribution in [3.8, 4) is 0 Å². The molecule has 0 unspecified atom stereocenters. The minimum Gasteiger partial charge on any atom is -0.406 e. The van der Waals surface area contributed by atoms with Crippen LogP contribution in [0.25, 0.3) is 6.08 Å². The lowest BCUT2D eigenvalue weighted by Crippen LogP contribution is -2.05. The molecule has 0 amide bonds. The number of benzene rings is 1. The predicted octanol–water partition coefficient (Wildman–Crippen LogP) is 2.70. The average Bonchev–Trinajstić information content (AvgIpc) is 3.09. The van der Waals surface area contributed by atoms with Crippen molar-refractivity contribution < 1.29 is 9.53 Å². The van der Waals surface area contributed by atoms with E-state index in [9.17, 15) is 4.79 Å². The highest BCUT2D eigenvalue weighted by molar-refractivity contribution is 6.08. The predicted molar refractivity (Wildman–Crippen MR) is 65.4 cm³/mol. The molecule has 1 heterocycles. The Morgan fingerprint density at radius 3 is 2.82 bits per heavy atom. The molecule has 0 atom stereocenters. The second kappa shape index (κ2) is 3.84. The average molecular weight is 227 g/mol. The number of aliphatic imine (C=N–C) groups is 1. The van der Waals surface area contributed by atoms with E-state index in [1.807, 2.05) is 31.2 Å². The minimum atomic E-state index is -0.324. The Hall–Kier alpha value is -1.90. The van der Waals surface area contributed by atoms with E-state index >= 15 is 0 Å². The normalized spacial score (nSPS) is 21.6. The van der Waals surface area contributed by atoms with Crippen LogP contribution in [0.4, 0.5) is 0 Å². The van der Waals surface area contributed by atoms with Crippen LogP contribution in [0.1, 0.15) is 24.0 Å². The zero-order valence-electron chi connectivity index (χ0n) is 9.64. The maximum atomic E-state index is 11.6. The van der Waals surface area contributed by atoms with E-state index in [0.717, 1.165) is 24.0 Å². The van der Waals surface area contributed by atoms with Crippen molar-refractivity contribution in [3.63, 3.8) is 0 Å². The topological polar surface area (TPSA) is 38.7 Å². The third-order valence-electron chi connectivity index (χ3n) is 3.04. The first kappa shape index (κ1) is 10.3. The summed E-state index contributed by atoms with van der Waals surface area (Å²) >= 11 is 0. The summed E-state index contributed by atoms with van der Waals surface area (Å²) in [6.45, 7) is 2.01. The van der Waals surface area contributed by atoms with Crippen molar-refractivity contribution in [2.24, 2.45) is 10.9 Å². The molecule has 1 aliphatic carbocycles. The maximum Gasteiger partial charge on any atom is 0.363 e. The van der Waals surface area contributed by atoms with Gasteiger partial charge in [-0.1, -0.05) is 24.3 Å². The van der Waals surface area contributed by atoms with Crippen molar-refractivity contribution >= 4 is 17.9 Å². The van der Waals surface area contributed by atoms with E-state index in [0.29, 0.717) is 17.5 Å². The van der Waals surface area contributed by atoms with Gasteiger partial charge in [-0.15, -0.1) is 0 Å². The molecule has 0 saturated heterocycles. The summed E-state index contributed by atoms with van der Waals surface area (Å²) in [7, 11) is 0. The molecule has 0 radical (unpaired) electrons. The summed E-state index contributed by atoms with van der Waals surface area (Å²) in [5.74, 6) is 0.659. The molecule has 1 aromatic carbocycles. The third kappa shape index (κ3) is 2.00. The fraction of sp³-hybridized carbons (Fsp3) is 0.286. The summed E-state index contributed by atoms with van der Waals surface area (Å²) in [6.07, 6.45) is 3.97. The number of hydrogen-bond acceptors (Lipinski definition) is 3. The highest BCUT2D eigenvalue weighted by Gasteiger charge is 2.35. The van der Waals surface area contributed by atoms with Gasteiger partial charge in [-0.2, -0.15) is 0 Å². The highest BCUT2D eigenvalue weighted by Crippen LogP contribution is 2.34. The third-order valence-corrected chi connectivity index (χ3v) is 3.04. The summed E-state index contributed by atoms with van der Waals surface area (Å²) in [6, 6.07) is 7.91. The SMILES string of the molecule is Cc1ccccc1/C=C1\N=C(C2CC2)OC1=O. The number of rotatable bonds is 2. The number of aryl methyl sites for hydroxylation is 1. The maximum absolute atomic E-state index is 11.6. The molecule has 1 saturated carbocycles. The molecule has 1 aromatic rings. The number of cyclic esters (lactones) is 1. The van der Waals surface area contributed by atoms with Crippen molar-refractivity contribution in [1.29, 1.82) is 0 Å². The van der Waals surface area contributed by atoms with Gasteiger partial charge in [0, 0.05) is 5.92 Å².